The molecule has 3 N–H and O–H groups in total. The van der Waals surface area contributed by atoms with Crippen molar-refractivity contribution in [2.45, 2.75) is 120 Å². The van der Waals surface area contributed by atoms with Gasteiger partial charge in [-0.15, -0.1) is 0 Å². The van der Waals surface area contributed by atoms with Crippen LogP contribution in [0, 0.1) is 12.8 Å². The summed E-state index contributed by atoms with van der Waals surface area (Å²) in [5.41, 5.74) is -0.183. The molecule has 2 aromatic rings. The highest BCUT2D eigenvalue weighted by atomic mass is 32.2. The lowest BCUT2D eigenvalue weighted by Crippen LogP contribution is -2.58. The number of carbonyl (C=O) groups excluding carboxylic acids is 4. The molecule has 6 rings (SSSR count). The zero-order valence-electron chi connectivity index (χ0n) is 28.3. The fraction of sp³-hybridized carbons (Fsp3) is 0.618. The van der Waals surface area contributed by atoms with Gasteiger partial charge in [-0.3, -0.25) is 19.1 Å². The van der Waals surface area contributed by atoms with E-state index in [1.54, 1.807) is 26.8 Å². The van der Waals surface area contributed by atoms with Gasteiger partial charge < -0.3 is 29.4 Å². The van der Waals surface area contributed by atoms with Crippen LogP contribution in [0.15, 0.2) is 34.8 Å². The molecule has 266 valence electrons. The Morgan fingerprint density at radius 1 is 1.12 bits per heavy atom. The van der Waals surface area contributed by atoms with E-state index in [4.69, 9.17) is 13.9 Å². The Kier molecular flexibility index (Phi) is 9.42. The normalized spacial score (nSPS) is 28.0. The van der Waals surface area contributed by atoms with Crippen LogP contribution in [-0.2, 0) is 29.1 Å². The minimum atomic E-state index is -3.87. The maximum Gasteiger partial charge on any atom is 0.408 e. The summed E-state index contributed by atoms with van der Waals surface area (Å²) in [5.74, 6) is -2.34. The van der Waals surface area contributed by atoms with E-state index < -0.39 is 74.3 Å². The van der Waals surface area contributed by atoms with Crippen LogP contribution < -0.4 is 20.1 Å². The number of hydrogen-bond acceptors (Lipinski definition) is 10. The van der Waals surface area contributed by atoms with E-state index in [2.05, 4.69) is 20.3 Å². The number of aromatic nitrogens is 1. The average molecular weight is 700 g/mol. The summed E-state index contributed by atoms with van der Waals surface area (Å²) < 4.78 is 45.0. The lowest BCUT2D eigenvalue weighted by atomic mass is 10.0. The maximum absolute atomic E-state index is 14.3. The lowest BCUT2D eigenvalue weighted by molar-refractivity contribution is -0.141. The van der Waals surface area contributed by atoms with Gasteiger partial charge >= 0.3 is 12.2 Å². The summed E-state index contributed by atoms with van der Waals surface area (Å²) in [6, 6.07) is 3.41. The van der Waals surface area contributed by atoms with E-state index in [1.165, 1.54) is 4.90 Å². The summed E-state index contributed by atoms with van der Waals surface area (Å²) in [7, 11) is -3.87. The van der Waals surface area contributed by atoms with Crippen molar-refractivity contribution >= 4 is 44.9 Å². The van der Waals surface area contributed by atoms with Gasteiger partial charge in [0.25, 0.3) is 5.91 Å². The number of rotatable bonds is 6. The van der Waals surface area contributed by atoms with Gasteiger partial charge in [-0.1, -0.05) is 31.1 Å². The van der Waals surface area contributed by atoms with Crippen molar-refractivity contribution in [3.63, 3.8) is 0 Å². The second kappa shape index (κ2) is 13.3. The molecule has 0 radical (unpaired) electrons. The number of sulfonamides is 1. The number of aryl methyl sites for hydroxylation is 1. The molecule has 0 bridgehead atoms. The van der Waals surface area contributed by atoms with Crippen molar-refractivity contribution in [2.75, 3.05) is 6.54 Å². The number of alkyl carbamates (subject to hydrolysis) is 1. The molecule has 15 heteroatoms. The molecule has 2 aliphatic carbocycles. The molecule has 1 aromatic carbocycles. The number of carbonyl (C=O) groups is 4. The third-order valence-corrected chi connectivity index (χ3v) is 11.1. The maximum atomic E-state index is 14.3. The molecule has 0 unspecified atom stereocenters. The molecule has 1 aromatic heterocycles. The fourth-order valence-corrected chi connectivity index (χ4v) is 7.87. The summed E-state index contributed by atoms with van der Waals surface area (Å²) in [6.45, 7) is 7.07. The Morgan fingerprint density at radius 3 is 2.63 bits per heavy atom. The van der Waals surface area contributed by atoms with E-state index in [1.807, 2.05) is 31.2 Å². The highest BCUT2D eigenvalue weighted by molar-refractivity contribution is 7.91. The number of allylic oxidation sites excluding steroid dienone is 1. The van der Waals surface area contributed by atoms with Crippen molar-refractivity contribution in [3.05, 3.63) is 35.9 Å². The van der Waals surface area contributed by atoms with Gasteiger partial charge in [0.1, 0.15) is 34.8 Å². The SMILES string of the molecule is Cc1ccc2oc(O[C@@H]3C[C@H]4C(=O)N[C@]5(C(=O)NS(=O)(=O)C6CC6)C[C@H]5C=CCCCCC[C@H](NC(=O)OC(C)(C)C)C(=O)N4C3)nc2c1. The topological polar surface area (TPSA) is 186 Å². The number of hydrogen-bond donors (Lipinski definition) is 3. The Hall–Kier alpha value is -4.14. The minimum Gasteiger partial charge on any atom is -0.445 e. The van der Waals surface area contributed by atoms with E-state index in [0.29, 0.717) is 43.2 Å². The van der Waals surface area contributed by atoms with Gasteiger partial charge in [0.15, 0.2) is 5.58 Å². The smallest absolute Gasteiger partial charge is 0.408 e. The zero-order chi connectivity index (χ0) is 35.1. The first-order valence-corrected chi connectivity index (χ1v) is 18.6. The van der Waals surface area contributed by atoms with Gasteiger partial charge in [-0.25, -0.2) is 13.2 Å². The molecule has 4 aliphatic rings. The highest BCUT2D eigenvalue weighted by Crippen LogP contribution is 2.46. The fourth-order valence-electron chi connectivity index (χ4n) is 6.51. The summed E-state index contributed by atoms with van der Waals surface area (Å²) in [6.07, 6.45) is 6.72. The summed E-state index contributed by atoms with van der Waals surface area (Å²) in [5, 5.41) is 4.94. The van der Waals surface area contributed by atoms with Gasteiger partial charge in [0, 0.05) is 12.3 Å². The Bertz CT molecular complexity index is 1760. The number of amides is 4. The number of oxazole rings is 1. The number of fused-ring (bicyclic) bond motifs is 3. The second-order valence-corrected chi connectivity index (χ2v) is 16.6. The number of ether oxygens (including phenoxy) is 2. The van der Waals surface area contributed by atoms with Gasteiger partial charge in [0.05, 0.1) is 11.8 Å². The van der Waals surface area contributed by atoms with Gasteiger partial charge in [-0.2, -0.15) is 4.98 Å². The van der Waals surface area contributed by atoms with Crippen molar-refractivity contribution < 1.29 is 41.5 Å². The van der Waals surface area contributed by atoms with Crippen molar-refractivity contribution in [1.82, 2.24) is 25.2 Å². The molecule has 5 atom stereocenters. The number of nitrogens with zero attached hydrogens (tertiary/aromatic N) is 2. The molecule has 1 saturated heterocycles. The second-order valence-electron chi connectivity index (χ2n) is 14.6. The highest BCUT2D eigenvalue weighted by Gasteiger charge is 2.62. The molecule has 4 amide bonds. The van der Waals surface area contributed by atoms with Crippen LogP contribution in [0.25, 0.3) is 11.1 Å². The largest absolute Gasteiger partial charge is 0.445 e. The molecule has 14 nitrogen and oxygen atoms in total. The summed E-state index contributed by atoms with van der Waals surface area (Å²) >= 11 is 0. The molecule has 49 heavy (non-hydrogen) atoms. The molecular weight excluding hydrogens is 654 g/mol. The van der Waals surface area contributed by atoms with Crippen molar-refractivity contribution in [3.8, 4) is 6.08 Å². The molecular formula is C34H45N5O9S. The monoisotopic (exact) mass is 699 g/mol. The van der Waals surface area contributed by atoms with E-state index >= 15 is 0 Å². The van der Waals surface area contributed by atoms with E-state index in [0.717, 1.165) is 18.4 Å². The van der Waals surface area contributed by atoms with Crippen LogP contribution in [0.3, 0.4) is 0 Å². The summed E-state index contributed by atoms with van der Waals surface area (Å²) in [4.78, 5) is 60.7. The molecule has 0 spiro atoms. The van der Waals surface area contributed by atoms with E-state index in [9.17, 15) is 27.6 Å². The predicted octanol–water partition coefficient (Wildman–Crippen LogP) is 3.38. The predicted molar refractivity (Wildman–Crippen MR) is 178 cm³/mol. The van der Waals surface area contributed by atoms with Crippen molar-refractivity contribution in [1.29, 1.82) is 0 Å². The van der Waals surface area contributed by atoms with Crippen LogP contribution in [0.2, 0.25) is 0 Å². The van der Waals surface area contributed by atoms with Gasteiger partial charge in [0.2, 0.25) is 21.8 Å². The lowest BCUT2D eigenvalue weighted by Gasteiger charge is -2.30. The van der Waals surface area contributed by atoms with Crippen LogP contribution >= 0.6 is 0 Å². The van der Waals surface area contributed by atoms with Crippen LogP contribution in [0.5, 0.6) is 6.08 Å². The molecule has 2 aliphatic heterocycles. The Balaban J connectivity index is 1.28. The van der Waals surface area contributed by atoms with Crippen LogP contribution in [0.4, 0.5) is 4.79 Å². The minimum absolute atomic E-state index is 0.0156. The van der Waals surface area contributed by atoms with Crippen LogP contribution in [0.1, 0.15) is 84.1 Å². The third-order valence-electron chi connectivity index (χ3n) is 9.32. The molecule has 3 heterocycles. The Morgan fingerprint density at radius 2 is 1.90 bits per heavy atom. The van der Waals surface area contributed by atoms with Crippen molar-refractivity contribution in [2.24, 2.45) is 5.92 Å². The standard InChI is InChI=1S/C34H45N5O9S/c1-20-12-15-27-25(16-20)36-32(47-27)46-22-17-26-28(40)37-34(30(42)38-49(44,45)23-13-14-23)18-21(34)10-8-6-5-7-9-11-24(29(41)39(26)19-22)35-31(43)48-33(2,3)4/h8,10,12,15-16,21-24,26H,5-7,9,11,13-14,17-19H2,1-4H3,(H,35,43)(H,37,40)(H,38,42)/t21-,22-,24+,26+,34-/m1/s1. The number of benzene rings is 1. The first-order valence-electron chi connectivity index (χ1n) is 17.0. The Labute approximate surface area is 285 Å². The third kappa shape index (κ3) is 8.03. The van der Waals surface area contributed by atoms with Crippen LogP contribution in [-0.4, -0.2) is 83.2 Å². The van der Waals surface area contributed by atoms with Gasteiger partial charge in [-0.05, 0) is 83.9 Å². The quantitative estimate of drug-likeness (QED) is 0.378. The first kappa shape index (κ1) is 34.7. The molecule has 2 saturated carbocycles. The first-order chi connectivity index (χ1) is 23.1. The van der Waals surface area contributed by atoms with E-state index in [-0.39, 0.29) is 25.5 Å². The zero-order valence-corrected chi connectivity index (χ0v) is 29.1. The number of nitrogens with one attached hydrogen (secondary N) is 3. The average Bonchev–Trinajstić information content (AvgIpc) is 3.90. The molecule has 3 fully saturated rings.